The highest BCUT2D eigenvalue weighted by molar-refractivity contribution is 6.16. The van der Waals surface area contributed by atoms with E-state index >= 15 is 0 Å². The smallest absolute Gasteiger partial charge is 0.136 e. The molecule has 0 spiro atoms. The number of para-hydroxylation sites is 1. The number of fused-ring (bicyclic) bond motifs is 6. The van der Waals surface area contributed by atoms with Crippen LogP contribution in [0, 0.1) is 0 Å². The van der Waals surface area contributed by atoms with Crippen molar-refractivity contribution in [1.29, 1.82) is 0 Å². The molecule has 0 unspecified atom stereocenters. The minimum absolute atomic E-state index is 0.935. The molecule has 2 aromatic heterocycles. The molecule has 0 aliphatic carbocycles. The lowest BCUT2D eigenvalue weighted by Crippen LogP contribution is -1.76. The molecule has 0 saturated heterocycles. The van der Waals surface area contributed by atoms with Gasteiger partial charge in [0.25, 0.3) is 0 Å². The summed E-state index contributed by atoms with van der Waals surface area (Å²) in [6.45, 7) is 0. The third-order valence-electron chi connectivity index (χ3n) is 5.20. The summed E-state index contributed by atoms with van der Waals surface area (Å²) in [4.78, 5) is 3.56. The second-order valence-electron chi connectivity index (χ2n) is 6.74. The van der Waals surface area contributed by atoms with E-state index < -0.39 is 0 Å². The van der Waals surface area contributed by atoms with Crippen molar-refractivity contribution >= 4 is 43.7 Å². The Labute approximate surface area is 149 Å². The first-order valence-electron chi connectivity index (χ1n) is 8.79. The minimum atomic E-state index is 0.935. The highest BCUT2D eigenvalue weighted by Gasteiger charge is 2.12. The normalized spacial score (nSPS) is 11.8. The maximum Gasteiger partial charge on any atom is 0.136 e. The summed E-state index contributed by atoms with van der Waals surface area (Å²) >= 11 is 0. The lowest BCUT2D eigenvalue weighted by atomic mass is 10.0. The van der Waals surface area contributed by atoms with Gasteiger partial charge >= 0.3 is 0 Å². The van der Waals surface area contributed by atoms with E-state index in [-0.39, 0.29) is 0 Å². The van der Waals surface area contributed by atoms with Crippen molar-refractivity contribution in [2.24, 2.45) is 0 Å². The number of hydrogen-bond acceptors (Lipinski definition) is 1. The van der Waals surface area contributed by atoms with Crippen LogP contribution < -0.4 is 0 Å². The predicted molar refractivity (Wildman–Crippen MR) is 109 cm³/mol. The van der Waals surface area contributed by atoms with Crippen molar-refractivity contribution in [2.45, 2.75) is 0 Å². The predicted octanol–water partition coefficient (Wildman–Crippen LogP) is 6.89. The van der Waals surface area contributed by atoms with Gasteiger partial charge in [0.2, 0.25) is 0 Å². The first-order chi connectivity index (χ1) is 12.9. The van der Waals surface area contributed by atoms with Crippen LogP contribution in [0.15, 0.2) is 89.3 Å². The quantitative estimate of drug-likeness (QED) is 0.349. The molecule has 0 aliphatic rings. The van der Waals surface area contributed by atoms with Crippen LogP contribution >= 0.6 is 0 Å². The first kappa shape index (κ1) is 13.7. The second-order valence-corrected chi connectivity index (χ2v) is 6.74. The summed E-state index contributed by atoms with van der Waals surface area (Å²) in [7, 11) is 0. The highest BCUT2D eigenvalue weighted by atomic mass is 16.3. The molecule has 0 radical (unpaired) electrons. The van der Waals surface area contributed by atoms with Gasteiger partial charge in [-0.1, -0.05) is 54.6 Å². The molecule has 26 heavy (non-hydrogen) atoms. The molecule has 6 rings (SSSR count). The van der Waals surface area contributed by atoms with Crippen LogP contribution in [0.2, 0.25) is 0 Å². The van der Waals surface area contributed by atoms with Crippen molar-refractivity contribution < 1.29 is 4.42 Å². The van der Waals surface area contributed by atoms with Gasteiger partial charge < -0.3 is 9.40 Å². The van der Waals surface area contributed by atoms with Crippen LogP contribution in [0.1, 0.15) is 0 Å². The number of aromatic amines is 1. The Morgan fingerprint density at radius 3 is 2.23 bits per heavy atom. The first-order valence-corrected chi connectivity index (χ1v) is 8.79. The van der Waals surface area contributed by atoms with Crippen LogP contribution in [0.25, 0.3) is 54.9 Å². The number of nitrogens with one attached hydrogen (secondary N) is 1. The van der Waals surface area contributed by atoms with E-state index in [4.69, 9.17) is 4.42 Å². The molecule has 0 bridgehead atoms. The van der Waals surface area contributed by atoms with Gasteiger partial charge in [0.1, 0.15) is 11.2 Å². The summed E-state index contributed by atoms with van der Waals surface area (Å²) in [6.07, 6.45) is 0. The lowest BCUT2D eigenvalue weighted by Gasteiger charge is -2.01. The number of H-pyrrole nitrogens is 1. The molecule has 1 N–H and O–H groups in total. The van der Waals surface area contributed by atoms with Crippen molar-refractivity contribution in [2.75, 3.05) is 0 Å². The summed E-state index contributed by atoms with van der Waals surface area (Å²) in [5, 5.41) is 4.74. The molecule has 4 aromatic carbocycles. The molecule has 0 amide bonds. The van der Waals surface area contributed by atoms with E-state index in [1.807, 2.05) is 18.2 Å². The molecule has 0 fully saturated rings. The molecular weight excluding hydrogens is 318 g/mol. The SMILES string of the molecule is c1ccc(-c2ccc3[nH]c4cc5c(cc4c3c2)oc2ccccc25)cc1. The van der Waals surface area contributed by atoms with E-state index in [9.17, 15) is 0 Å². The van der Waals surface area contributed by atoms with Gasteiger partial charge in [0, 0.05) is 32.6 Å². The van der Waals surface area contributed by atoms with Gasteiger partial charge in [-0.05, 0) is 41.5 Å². The third-order valence-corrected chi connectivity index (χ3v) is 5.20. The fourth-order valence-electron chi connectivity index (χ4n) is 3.93. The van der Waals surface area contributed by atoms with Crippen LogP contribution in [-0.2, 0) is 0 Å². The van der Waals surface area contributed by atoms with Crippen molar-refractivity contribution in [3.05, 3.63) is 84.9 Å². The third kappa shape index (κ3) is 1.87. The Morgan fingerprint density at radius 2 is 1.31 bits per heavy atom. The zero-order chi connectivity index (χ0) is 17.1. The Morgan fingerprint density at radius 1 is 0.500 bits per heavy atom. The summed E-state index contributed by atoms with van der Waals surface area (Å²) in [5.74, 6) is 0. The Kier molecular flexibility index (Phi) is 2.64. The van der Waals surface area contributed by atoms with Crippen LogP contribution in [0.5, 0.6) is 0 Å². The Hall–Kier alpha value is -3.52. The van der Waals surface area contributed by atoms with Gasteiger partial charge in [-0.3, -0.25) is 0 Å². The lowest BCUT2D eigenvalue weighted by molar-refractivity contribution is 0.669. The monoisotopic (exact) mass is 333 g/mol. The van der Waals surface area contributed by atoms with E-state index in [1.165, 1.54) is 21.9 Å². The van der Waals surface area contributed by atoms with Gasteiger partial charge in [-0.2, -0.15) is 0 Å². The summed E-state index contributed by atoms with van der Waals surface area (Å²) < 4.78 is 6.08. The second kappa shape index (κ2) is 4.99. The molecule has 0 saturated carbocycles. The standard InChI is InChI=1S/C24H15NO/c1-2-6-15(7-3-1)16-10-11-21-18(12-16)19-14-24-20(13-22(19)25-21)17-8-4-5-9-23(17)26-24/h1-14,25H. The molecular formula is C24H15NO. The number of rotatable bonds is 1. The fraction of sp³-hybridized carbons (Fsp3) is 0. The molecule has 6 aromatic rings. The molecule has 0 aliphatic heterocycles. The molecule has 0 atom stereocenters. The summed E-state index contributed by atoms with van der Waals surface area (Å²) in [5.41, 5.74) is 6.62. The summed E-state index contributed by atoms with van der Waals surface area (Å²) in [6, 6.07) is 29.7. The van der Waals surface area contributed by atoms with E-state index in [0.29, 0.717) is 0 Å². The maximum absolute atomic E-state index is 6.08. The maximum atomic E-state index is 6.08. The number of benzene rings is 4. The van der Waals surface area contributed by atoms with Crippen LogP contribution in [0.3, 0.4) is 0 Å². The van der Waals surface area contributed by atoms with Crippen LogP contribution in [0.4, 0.5) is 0 Å². The van der Waals surface area contributed by atoms with Crippen molar-refractivity contribution in [1.82, 2.24) is 4.98 Å². The fourth-order valence-corrected chi connectivity index (χ4v) is 3.93. The van der Waals surface area contributed by atoms with Crippen LogP contribution in [-0.4, -0.2) is 4.98 Å². The minimum Gasteiger partial charge on any atom is -0.456 e. The van der Waals surface area contributed by atoms with Crippen molar-refractivity contribution in [3.8, 4) is 11.1 Å². The highest BCUT2D eigenvalue weighted by Crippen LogP contribution is 2.36. The van der Waals surface area contributed by atoms with E-state index in [2.05, 4.69) is 71.7 Å². The van der Waals surface area contributed by atoms with Gasteiger partial charge in [0.05, 0.1) is 0 Å². The Bertz CT molecular complexity index is 1420. The van der Waals surface area contributed by atoms with Gasteiger partial charge in [0.15, 0.2) is 0 Å². The molecule has 122 valence electrons. The van der Waals surface area contributed by atoms with Gasteiger partial charge in [-0.15, -0.1) is 0 Å². The molecule has 2 heterocycles. The zero-order valence-corrected chi connectivity index (χ0v) is 14.0. The number of aromatic nitrogens is 1. The van der Waals surface area contributed by atoms with E-state index in [0.717, 1.165) is 33.0 Å². The Balaban J connectivity index is 1.68. The zero-order valence-electron chi connectivity index (χ0n) is 14.0. The molecule has 2 nitrogen and oxygen atoms in total. The number of hydrogen-bond donors (Lipinski definition) is 1. The largest absolute Gasteiger partial charge is 0.456 e. The van der Waals surface area contributed by atoms with E-state index in [1.54, 1.807) is 0 Å². The van der Waals surface area contributed by atoms with Gasteiger partial charge in [-0.25, -0.2) is 0 Å². The topological polar surface area (TPSA) is 28.9 Å². The average Bonchev–Trinajstić information content (AvgIpc) is 3.24. The molecule has 2 heteroatoms. The number of furan rings is 1. The van der Waals surface area contributed by atoms with Crippen molar-refractivity contribution in [3.63, 3.8) is 0 Å². The average molecular weight is 333 g/mol.